The van der Waals surface area contributed by atoms with Crippen molar-refractivity contribution in [1.82, 2.24) is 24.6 Å². The van der Waals surface area contributed by atoms with Crippen LogP contribution in [0, 0.1) is 5.92 Å². The van der Waals surface area contributed by atoms with Gasteiger partial charge >= 0.3 is 18.4 Å². The second-order valence-corrected chi connectivity index (χ2v) is 9.18. The predicted octanol–water partition coefficient (Wildman–Crippen LogP) is 5.31. The van der Waals surface area contributed by atoms with Gasteiger partial charge in [-0.2, -0.15) is 31.4 Å². The second-order valence-electron chi connectivity index (χ2n) is 9.18. The van der Waals surface area contributed by atoms with Crippen LogP contribution >= 0.6 is 0 Å². The van der Waals surface area contributed by atoms with Gasteiger partial charge in [-0.15, -0.1) is 0 Å². The van der Waals surface area contributed by atoms with E-state index in [1.807, 2.05) is 0 Å². The van der Waals surface area contributed by atoms with Crippen molar-refractivity contribution in [2.45, 2.75) is 31.7 Å². The van der Waals surface area contributed by atoms with Crippen LogP contribution in [-0.4, -0.2) is 55.5 Å². The van der Waals surface area contributed by atoms with Crippen LogP contribution in [0.1, 0.15) is 29.5 Å². The quantitative estimate of drug-likeness (QED) is 0.407. The molecule has 8 nitrogen and oxygen atoms in total. The molecule has 0 aliphatic carbocycles. The summed E-state index contributed by atoms with van der Waals surface area (Å²) in [5.41, 5.74) is -1.64. The lowest BCUT2D eigenvalue weighted by Gasteiger charge is -2.25. The van der Waals surface area contributed by atoms with Crippen molar-refractivity contribution in [2.75, 3.05) is 24.5 Å². The highest BCUT2D eigenvalue weighted by atomic mass is 19.4. The summed E-state index contributed by atoms with van der Waals surface area (Å²) in [6, 6.07) is 1.47. The summed E-state index contributed by atoms with van der Waals surface area (Å²) >= 11 is 0. The maximum atomic E-state index is 13.4. The third-order valence-corrected chi connectivity index (χ3v) is 6.34. The summed E-state index contributed by atoms with van der Waals surface area (Å²) in [7, 11) is 1.74. The third kappa shape index (κ3) is 6.53. The van der Waals surface area contributed by atoms with E-state index in [0.29, 0.717) is 43.6 Å². The number of carbonyl (C=O) groups is 1. The van der Waals surface area contributed by atoms with Gasteiger partial charge in [-0.1, -0.05) is 0 Å². The molecular formula is C24H24F6N6O2. The maximum Gasteiger partial charge on any atom is 0.416 e. The predicted molar refractivity (Wildman–Crippen MR) is 124 cm³/mol. The van der Waals surface area contributed by atoms with Crippen molar-refractivity contribution < 1.29 is 36.2 Å². The molecule has 1 aliphatic heterocycles. The van der Waals surface area contributed by atoms with Crippen molar-refractivity contribution in [2.24, 2.45) is 13.0 Å². The van der Waals surface area contributed by atoms with Gasteiger partial charge in [0.05, 0.1) is 17.3 Å². The number of amides is 1. The van der Waals surface area contributed by atoms with Crippen molar-refractivity contribution in [3.05, 3.63) is 59.7 Å². The van der Waals surface area contributed by atoms with Gasteiger partial charge < -0.3 is 14.9 Å². The molecule has 38 heavy (non-hydrogen) atoms. The van der Waals surface area contributed by atoms with E-state index in [-0.39, 0.29) is 36.6 Å². The average molecular weight is 542 g/mol. The van der Waals surface area contributed by atoms with Gasteiger partial charge in [0.2, 0.25) is 5.95 Å². The number of rotatable bonds is 7. The van der Waals surface area contributed by atoms with Gasteiger partial charge in [0.1, 0.15) is 0 Å². The summed E-state index contributed by atoms with van der Waals surface area (Å²) in [6.07, 6.45) is -3.58. The van der Waals surface area contributed by atoms with E-state index in [4.69, 9.17) is 0 Å². The van der Waals surface area contributed by atoms with Crippen molar-refractivity contribution in [3.63, 3.8) is 0 Å². The SMILES string of the molecule is Cn1cc(-c2cnc(N(CC[C@H]3CCN(C(=O)O)C3)Cc3cc(C(F)(F)F)cc(C(F)(F)F)c3)nc2)cn1. The van der Waals surface area contributed by atoms with E-state index < -0.39 is 29.6 Å². The number of benzene rings is 1. The van der Waals surface area contributed by atoms with Crippen LogP contribution in [-0.2, 0) is 25.9 Å². The molecule has 3 aromatic rings. The number of hydrogen-bond donors (Lipinski definition) is 1. The molecule has 1 amide bonds. The Labute approximate surface area is 213 Å². The number of carboxylic acid groups (broad SMARTS) is 1. The smallest absolute Gasteiger partial charge is 0.416 e. The number of aryl methyl sites for hydroxylation is 1. The number of aromatic nitrogens is 4. The largest absolute Gasteiger partial charge is 0.465 e. The standard InChI is InChI=1S/C24H24F6N6O2/c1-34-14-18(11-33-34)17-9-31-21(32-10-17)35(4-2-15-3-5-36(12-15)22(37)38)13-16-6-19(23(25,26)27)8-20(7-16)24(28,29)30/h6-11,14-15H,2-5,12-13H2,1H3,(H,37,38)/t15-/m0/s1. The Morgan fingerprint density at radius 1 is 1.03 bits per heavy atom. The normalized spacial score (nSPS) is 16.2. The molecular weight excluding hydrogens is 518 g/mol. The highest BCUT2D eigenvalue weighted by Crippen LogP contribution is 2.37. The number of likely N-dealkylation sites (tertiary alicyclic amines) is 1. The number of hydrogen-bond acceptors (Lipinski definition) is 5. The van der Waals surface area contributed by atoms with Gasteiger partial charge in [0.25, 0.3) is 0 Å². The van der Waals surface area contributed by atoms with Crippen LogP contribution in [0.3, 0.4) is 0 Å². The van der Waals surface area contributed by atoms with E-state index in [1.54, 1.807) is 24.1 Å². The number of anilines is 1. The molecule has 1 saturated heterocycles. The Morgan fingerprint density at radius 3 is 2.16 bits per heavy atom. The Kier molecular flexibility index (Phi) is 7.51. The summed E-state index contributed by atoms with van der Waals surface area (Å²) in [6.45, 7) is 0.543. The van der Waals surface area contributed by atoms with Gasteiger partial charge in [-0.3, -0.25) is 4.68 Å². The molecule has 4 rings (SSSR count). The van der Waals surface area contributed by atoms with Gasteiger partial charge in [-0.05, 0) is 42.5 Å². The van der Waals surface area contributed by atoms with Crippen molar-refractivity contribution >= 4 is 12.0 Å². The minimum absolute atomic E-state index is 0.0180. The molecule has 1 N–H and O–H groups in total. The second kappa shape index (κ2) is 10.5. The zero-order valence-electron chi connectivity index (χ0n) is 20.2. The monoisotopic (exact) mass is 542 g/mol. The fourth-order valence-electron chi connectivity index (χ4n) is 4.37. The number of nitrogens with zero attached hydrogens (tertiary/aromatic N) is 6. The molecule has 1 aromatic carbocycles. The molecule has 0 radical (unpaired) electrons. The summed E-state index contributed by atoms with van der Waals surface area (Å²) in [4.78, 5) is 22.7. The molecule has 2 aromatic heterocycles. The minimum Gasteiger partial charge on any atom is -0.465 e. The van der Waals surface area contributed by atoms with Crippen LogP contribution < -0.4 is 4.90 Å². The van der Waals surface area contributed by atoms with Crippen molar-refractivity contribution in [3.8, 4) is 11.1 Å². The molecule has 14 heteroatoms. The first-order chi connectivity index (χ1) is 17.8. The number of halogens is 6. The van der Waals surface area contributed by atoms with Gasteiger partial charge in [-0.25, -0.2) is 14.8 Å². The Balaban J connectivity index is 1.62. The van der Waals surface area contributed by atoms with E-state index >= 15 is 0 Å². The Morgan fingerprint density at radius 2 is 1.66 bits per heavy atom. The molecule has 0 unspecified atom stereocenters. The lowest BCUT2D eigenvalue weighted by atomic mass is 10.0. The molecule has 0 bridgehead atoms. The minimum atomic E-state index is -4.97. The lowest BCUT2D eigenvalue weighted by Crippen LogP contribution is -2.30. The molecule has 1 fully saturated rings. The summed E-state index contributed by atoms with van der Waals surface area (Å²) in [5, 5.41) is 13.3. The van der Waals surface area contributed by atoms with Crippen LogP contribution in [0.15, 0.2) is 43.0 Å². The first kappa shape index (κ1) is 27.2. The molecule has 3 heterocycles. The number of alkyl halides is 6. The van der Waals surface area contributed by atoms with E-state index in [1.165, 1.54) is 22.2 Å². The van der Waals surface area contributed by atoms with Gasteiger partial charge in [0, 0.05) is 62.9 Å². The van der Waals surface area contributed by atoms with Crippen LogP contribution in [0.25, 0.3) is 11.1 Å². The Bertz CT molecular complexity index is 1240. The molecule has 0 saturated carbocycles. The third-order valence-electron chi connectivity index (χ3n) is 6.34. The van der Waals surface area contributed by atoms with E-state index in [0.717, 1.165) is 5.56 Å². The van der Waals surface area contributed by atoms with E-state index in [2.05, 4.69) is 15.1 Å². The first-order valence-corrected chi connectivity index (χ1v) is 11.6. The summed E-state index contributed by atoms with van der Waals surface area (Å²) < 4.78 is 81.9. The van der Waals surface area contributed by atoms with Gasteiger partial charge in [0.15, 0.2) is 0 Å². The lowest BCUT2D eigenvalue weighted by molar-refractivity contribution is -0.143. The topological polar surface area (TPSA) is 87.4 Å². The average Bonchev–Trinajstić information content (AvgIpc) is 3.50. The Hall–Kier alpha value is -3.84. The molecule has 1 aliphatic rings. The van der Waals surface area contributed by atoms with Crippen LogP contribution in [0.5, 0.6) is 0 Å². The fraction of sp³-hybridized carbons (Fsp3) is 0.417. The van der Waals surface area contributed by atoms with Crippen LogP contribution in [0.4, 0.5) is 37.1 Å². The highest BCUT2D eigenvalue weighted by molar-refractivity contribution is 5.65. The van der Waals surface area contributed by atoms with Crippen LogP contribution in [0.2, 0.25) is 0 Å². The first-order valence-electron chi connectivity index (χ1n) is 11.6. The molecule has 1 atom stereocenters. The fourth-order valence-corrected chi connectivity index (χ4v) is 4.37. The zero-order chi connectivity index (χ0) is 27.7. The zero-order valence-corrected chi connectivity index (χ0v) is 20.2. The summed E-state index contributed by atoms with van der Waals surface area (Å²) in [5.74, 6) is 0.104. The van der Waals surface area contributed by atoms with E-state index in [9.17, 15) is 36.2 Å². The van der Waals surface area contributed by atoms with Crippen molar-refractivity contribution in [1.29, 1.82) is 0 Å². The highest BCUT2D eigenvalue weighted by Gasteiger charge is 2.37. The maximum absolute atomic E-state index is 13.4. The molecule has 0 spiro atoms. The molecule has 204 valence electrons.